The zero-order valence-electron chi connectivity index (χ0n) is 23.4. The number of piperazine rings is 1. The minimum Gasteiger partial charge on any atom is -0.497 e. The van der Waals surface area contributed by atoms with Gasteiger partial charge in [-0.3, -0.25) is 14.5 Å². The highest BCUT2D eigenvalue weighted by Gasteiger charge is 2.54. The largest absolute Gasteiger partial charge is 0.497 e. The molecule has 0 aromatic heterocycles. The van der Waals surface area contributed by atoms with Crippen LogP contribution in [0.5, 0.6) is 17.2 Å². The molecule has 2 aromatic rings. The van der Waals surface area contributed by atoms with E-state index in [0.717, 1.165) is 42.2 Å². The zero-order valence-corrected chi connectivity index (χ0v) is 24.2. The summed E-state index contributed by atoms with van der Waals surface area (Å²) in [6.07, 6.45) is 2.02. The van der Waals surface area contributed by atoms with E-state index in [9.17, 15) is 14.7 Å². The third-order valence-electron chi connectivity index (χ3n) is 7.81. The van der Waals surface area contributed by atoms with Gasteiger partial charge in [0.1, 0.15) is 28.8 Å². The molecule has 2 fully saturated rings. The molecule has 2 aromatic carbocycles. The second-order valence-corrected chi connectivity index (χ2v) is 10.8. The van der Waals surface area contributed by atoms with Gasteiger partial charge in [-0.1, -0.05) is 45.4 Å². The van der Waals surface area contributed by atoms with Crippen molar-refractivity contribution in [1.82, 2.24) is 15.1 Å². The van der Waals surface area contributed by atoms with Crippen molar-refractivity contribution in [1.29, 1.82) is 0 Å². The Labute approximate surface area is 238 Å². The molecule has 2 atom stereocenters. The number of halogens is 1. The highest BCUT2D eigenvalue weighted by Crippen LogP contribution is 2.35. The third kappa shape index (κ3) is 6.86. The molecular formula is C30H42ClN3O5. The van der Waals surface area contributed by atoms with Crippen molar-refractivity contribution in [2.24, 2.45) is 5.92 Å². The molecule has 4 rings (SSSR count). The molecule has 1 spiro atoms. The van der Waals surface area contributed by atoms with Gasteiger partial charge in [-0.2, -0.15) is 0 Å². The van der Waals surface area contributed by atoms with Crippen LogP contribution in [0.15, 0.2) is 48.5 Å². The first-order chi connectivity index (χ1) is 18.3. The smallest absolute Gasteiger partial charge is 0.248 e. The first kappa shape index (κ1) is 30.7. The van der Waals surface area contributed by atoms with Gasteiger partial charge >= 0.3 is 0 Å². The first-order valence-corrected chi connectivity index (χ1v) is 13.7. The van der Waals surface area contributed by atoms with Crippen LogP contribution >= 0.6 is 12.4 Å². The van der Waals surface area contributed by atoms with Crippen LogP contribution in [-0.4, -0.2) is 71.1 Å². The number of rotatable bonds is 10. The summed E-state index contributed by atoms with van der Waals surface area (Å²) >= 11 is 0. The first-order valence-electron chi connectivity index (χ1n) is 13.7. The van der Waals surface area contributed by atoms with Gasteiger partial charge in [0.15, 0.2) is 0 Å². The lowest BCUT2D eigenvalue weighted by atomic mass is 9.80. The normalized spacial score (nSPS) is 19.9. The lowest BCUT2D eigenvalue weighted by molar-refractivity contribution is -0.165. The summed E-state index contributed by atoms with van der Waals surface area (Å²) in [4.78, 5) is 31.1. The van der Waals surface area contributed by atoms with Crippen molar-refractivity contribution >= 4 is 24.2 Å². The molecule has 214 valence electrons. The van der Waals surface area contributed by atoms with Crippen molar-refractivity contribution in [2.75, 3.05) is 26.7 Å². The SMILES string of the molecule is CCCCN1C(=O)[C@@H]([C@H](O)C(C)C)NC(=O)C12CCN(Cc1ccc(Oc3cccc(OC)c3)cc1)CC2.Cl. The van der Waals surface area contributed by atoms with Crippen LogP contribution in [0.3, 0.4) is 0 Å². The van der Waals surface area contributed by atoms with Gasteiger partial charge in [0.25, 0.3) is 0 Å². The second kappa shape index (κ2) is 13.5. The number of methoxy groups -OCH3 is 1. The molecule has 2 N–H and O–H groups in total. The van der Waals surface area contributed by atoms with Crippen LogP contribution in [0.25, 0.3) is 0 Å². The fraction of sp³-hybridized carbons (Fsp3) is 0.533. The van der Waals surface area contributed by atoms with Crippen molar-refractivity contribution < 1.29 is 24.2 Å². The number of ether oxygens (including phenoxy) is 2. The number of aliphatic hydroxyl groups excluding tert-OH is 1. The summed E-state index contributed by atoms with van der Waals surface area (Å²) in [5.41, 5.74) is 0.316. The topological polar surface area (TPSA) is 91.3 Å². The molecule has 39 heavy (non-hydrogen) atoms. The third-order valence-corrected chi connectivity index (χ3v) is 7.81. The monoisotopic (exact) mass is 559 g/mol. The fourth-order valence-electron chi connectivity index (χ4n) is 5.40. The van der Waals surface area contributed by atoms with Gasteiger partial charge in [-0.05, 0) is 55.0 Å². The van der Waals surface area contributed by atoms with Crippen molar-refractivity contribution in [3.05, 3.63) is 54.1 Å². The number of nitrogens with zero attached hydrogens (tertiary/aromatic N) is 2. The molecule has 2 heterocycles. The average molecular weight is 560 g/mol. The maximum absolute atomic E-state index is 13.5. The molecule has 2 amide bonds. The van der Waals surface area contributed by atoms with Gasteiger partial charge in [0.2, 0.25) is 11.8 Å². The van der Waals surface area contributed by atoms with E-state index in [2.05, 4.69) is 29.3 Å². The highest BCUT2D eigenvalue weighted by atomic mass is 35.5. The van der Waals surface area contributed by atoms with E-state index in [-0.39, 0.29) is 30.1 Å². The lowest BCUT2D eigenvalue weighted by Gasteiger charge is -2.52. The van der Waals surface area contributed by atoms with Crippen LogP contribution in [-0.2, 0) is 16.1 Å². The summed E-state index contributed by atoms with van der Waals surface area (Å²) < 4.78 is 11.2. The quantitative estimate of drug-likeness (QED) is 0.449. The maximum Gasteiger partial charge on any atom is 0.248 e. The van der Waals surface area contributed by atoms with Crippen molar-refractivity contribution in [2.45, 2.75) is 70.7 Å². The number of hydrogen-bond acceptors (Lipinski definition) is 6. The van der Waals surface area contributed by atoms with Gasteiger partial charge in [0, 0.05) is 32.2 Å². The predicted molar refractivity (Wildman–Crippen MR) is 153 cm³/mol. The molecular weight excluding hydrogens is 518 g/mol. The highest BCUT2D eigenvalue weighted by molar-refractivity contribution is 6.00. The van der Waals surface area contributed by atoms with E-state index in [1.165, 1.54) is 0 Å². The number of amides is 2. The van der Waals surface area contributed by atoms with Crippen LogP contribution in [0.1, 0.15) is 52.0 Å². The zero-order chi connectivity index (χ0) is 27.3. The number of carbonyl (C=O) groups is 2. The Balaban J connectivity index is 0.00000420. The Bertz CT molecular complexity index is 1100. The van der Waals surface area contributed by atoms with Gasteiger partial charge in [0.05, 0.1) is 13.2 Å². The van der Waals surface area contributed by atoms with Crippen LogP contribution < -0.4 is 14.8 Å². The average Bonchev–Trinajstić information content (AvgIpc) is 2.92. The molecule has 9 heteroatoms. The van der Waals surface area contributed by atoms with E-state index in [1.807, 2.05) is 50.2 Å². The summed E-state index contributed by atoms with van der Waals surface area (Å²) in [7, 11) is 1.63. The van der Waals surface area contributed by atoms with E-state index in [4.69, 9.17) is 9.47 Å². The molecule has 2 aliphatic rings. The molecule has 8 nitrogen and oxygen atoms in total. The fourth-order valence-corrected chi connectivity index (χ4v) is 5.40. The molecule has 0 saturated carbocycles. The Morgan fingerprint density at radius 2 is 1.72 bits per heavy atom. The number of benzene rings is 2. The lowest BCUT2D eigenvalue weighted by Crippen LogP contribution is -2.74. The molecule has 2 aliphatic heterocycles. The minimum absolute atomic E-state index is 0. The summed E-state index contributed by atoms with van der Waals surface area (Å²) in [5.74, 6) is 1.81. The standard InChI is InChI=1S/C30H41N3O5.ClH/c1-5-6-16-33-28(35)26(27(34)21(2)3)31-29(36)30(33)14-17-32(18-15-30)20-22-10-12-23(13-11-22)38-25-9-7-8-24(19-25)37-4;/h7-13,19,21,26-27,34H,5-6,14-18,20H2,1-4H3,(H,31,36);1H/t26-,27-;/m1./s1. The van der Waals surface area contributed by atoms with E-state index < -0.39 is 17.7 Å². The van der Waals surface area contributed by atoms with Crippen molar-refractivity contribution in [3.63, 3.8) is 0 Å². The van der Waals surface area contributed by atoms with E-state index in [0.29, 0.717) is 32.5 Å². The number of likely N-dealkylation sites (tertiary alicyclic amines) is 1. The van der Waals surface area contributed by atoms with Crippen LogP contribution in [0.2, 0.25) is 0 Å². The maximum atomic E-state index is 13.5. The Kier molecular flexibility index (Phi) is 10.6. The second-order valence-electron chi connectivity index (χ2n) is 10.8. The van der Waals surface area contributed by atoms with E-state index >= 15 is 0 Å². The number of carbonyl (C=O) groups excluding carboxylic acids is 2. The number of piperidine rings is 1. The van der Waals surface area contributed by atoms with E-state index in [1.54, 1.807) is 12.0 Å². The molecule has 0 radical (unpaired) electrons. The Morgan fingerprint density at radius 3 is 2.33 bits per heavy atom. The van der Waals surface area contributed by atoms with Crippen LogP contribution in [0, 0.1) is 5.92 Å². The minimum atomic E-state index is -0.899. The molecule has 0 unspecified atom stereocenters. The molecule has 0 bridgehead atoms. The number of aliphatic hydroxyl groups is 1. The van der Waals surface area contributed by atoms with Crippen LogP contribution in [0.4, 0.5) is 0 Å². The number of hydrogen-bond donors (Lipinski definition) is 2. The summed E-state index contributed by atoms with van der Waals surface area (Å²) in [6.45, 7) is 8.53. The summed E-state index contributed by atoms with van der Waals surface area (Å²) in [6, 6.07) is 14.7. The number of nitrogens with one attached hydrogen (secondary N) is 1. The molecule has 2 saturated heterocycles. The van der Waals surface area contributed by atoms with Crippen molar-refractivity contribution in [3.8, 4) is 17.2 Å². The Morgan fingerprint density at radius 1 is 1.05 bits per heavy atom. The van der Waals surface area contributed by atoms with Gasteiger partial charge in [-0.25, -0.2) is 0 Å². The Hall–Kier alpha value is -2.81. The van der Waals surface area contributed by atoms with Gasteiger partial charge < -0.3 is 24.8 Å². The summed E-state index contributed by atoms with van der Waals surface area (Å²) in [5, 5.41) is 13.5. The van der Waals surface area contributed by atoms with Gasteiger partial charge in [-0.15, -0.1) is 12.4 Å². The predicted octanol–water partition coefficient (Wildman–Crippen LogP) is 4.39. The molecule has 0 aliphatic carbocycles. The number of unbranched alkanes of at least 4 members (excludes halogenated alkanes) is 1.